The molecule has 3 rings (SSSR count). The number of carboxylic acid groups (broad SMARTS) is 1. The highest BCUT2D eigenvalue weighted by Crippen LogP contribution is 2.41. The normalized spacial score (nSPS) is 10.9. The molecule has 0 N–H and O–H groups in total. The van der Waals surface area contributed by atoms with Gasteiger partial charge >= 0.3 is 0 Å². The fraction of sp³-hybridized carbons (Fsp3) is 0.350. The highest BCUT2D eigenvalue weighted by molar-refractivity contribution is 5.71. The lowest BCUT2D eigenvalue weighted by Crippen LogP contribution is -2.28. The van der Waals surface area contributed by atoms with Crippen molar-refractivity contribution in [2.24, 2.45) is 7.05 Å². The minimum Gasteiger partial charge on any atom is -0.550 e. The van der Waals surface area contributed by atoms with Crippen molar-refractivity contribution >= 4 is 11.6 Å². The van der Waals surface area contributed by atoms with Gasteiger partial charge in [0.1, 0.15) is 5.65 Å². The van der Waals surface area contributed by atoms with Crippen molar-refractivity contribution in [3.63, 3.8) is 0 Å². The van der Waals surface area contributed by atoms with Crippen LogP contribution in [0.25, 0.3) is 16.9 Å². The van der Waals surface area contributed by atoms with Crippen LogP contribution in [0.2, 0.25) is 0 Å². The first-order valence-corrected chi connectivity index (χ1v) is 8.90. The second-order valence-electron chi connectivity index (χ2n) is 6.51. The van der Waals surface area contributed by atoms with E-state index in [0.717, 1.165) is 0 Å². The number of carboxylic acids is 1. The number of fused-ring (bicyclic) bond motifs is 1. The molecule has 0 saturated heterocycles. The Kier molecular flexibility index (Phi) is 5.49. The standard InChI is InChI=1S/C20H23N3O6/c1-11-13(6-7-18(24)25)20(26)23-17(22(11)2)10-14(21-23)12-8-15(27-3)19(29-5)16(9-12)28-4/h8-10H,6-7H2,1-5H3,(H,24,25)/p-1. The van der Waals surface area contributed by atoms with Gasteiger partial charge < -0.3 is 28.7 Å². The number of benzene rings is 1. The number of hydrogen-bond acceptors (Lipinski definition) is 7. The Labute approximate surface area is 167 Å². The molecular formula is C20H22N3O6-. The van der Waals surface area contributed by atoms with Gasteiger partial charge in [-0.3, -0.25) is 4.79 Å². The zero-order valence-electron chi connectivity index (χ0n) is 16.9. The maximum atomic E-state index is 12.9. The van der Waals surface area contributed by atoms with Gasteiger partial charge in [-0.05, 0) is 31.9 Å². The number of carbonyl (C=O) groups excluding carboxylic acids is 1. The second-order valence-corrected chi connectivity index (χ2v) is 6.51. The molecule has 0 aliphatic carbocycles. The van der Waals surface area contributed by atoms with E-state index < -0.39 is 5.97 Å². The van der Waals surface area contributed by atoms with Crippen LogP contribution in [-0.2, 0) is 18.3 Å². The van der Waals surface area contributed by atoms with Gasteiger partial charge in [0.15, 0.2) is 11.5 Å². The van der Waals surface area contributed by atoms with Gasteiger partial charge in [-0.25, -0.2) is 0 Å². The Hall–Kier alpha value is -3.49. The van der Waals surface area contributed by atoms with Crippen molar-refractivity contribution in [3.05, 3.63) is 39.8 Å². The molecule has 9 nitrogen and oxygen atoms in total. The SMILES string of the molecule is COc1cc(-c2cc3n(C)c(C)c(CCC(=O)[O-])c(=O)n3n2)cc(OC)c1OC. The van der Waals surface area contributed by atoms with E-state index in [1.807, 2.05) is 0 Å². The molecule has 29 heavy (non-hydrogen) atoms. The van der Waals surface area contributed by atoms with Gasteiger partial charge in [0.2, 0.25) is 5.75 Å². The largest absolute Gasteiger partial charge is 0.550 e. The van der Waals surface area contributed by atoms with E-state index in [-0.39, 0.29) is 18.4 Å². The maximum absolute atomic E-state index is 12.9. The van der Waals surface area contributed by atoms with Crippen LogP contribution < -0.4 is 24.9 Å². The third kappa shape index (κ3) is 3.51. The summed E-state index contributed by atoms with van der Waals surface area (Å²) in [6, 6.07) is 5.27. The highest BCUT2D eigenvalue weighted by atomic mass is 16.5. The Morgan fingerprint density at radius 3 is 2.24 bits per heavy atom. The summed E-state index contributed by atoms with van der Waals surface area (Å²) in [5, 5.41) is 15.3. The highest BCUT2D eigenvalue weighted by Gasteiger charge is 2.19. The number of carbonyl (C=O) groups is 1. The number of aromatic nitrogens is 3. The van der Waals surface area contributed by atoms with E-state index >= 15 is 0 Å². The molecular weight excluding hydrogens is 378 g/mol. The van der Waals surface area contributed by atoms with E-state index in [1.54, 1.807) is 36.7 Å². The number of hydrogen-bond donors (Lipinski definition) is 0. The zero-order valence-corrected chi connectivity index (χ0v) is 16.9. The summed E-state index contributed by atoms with van der Waals surface area (Å²) in [7, 11) is 6.36. The van der Waals surface area contributed by atoms with Crippen LogP contribution in [0.1, 0.15) is 17.7 Å². The van der Waals surface area contributed by atoms with Gasteiger partial charge in [0, 0.05) is 35.9 Å². The lowest BCUT2D eigenvalue weighted by Gasteiger charge is -2.13. The van der Waals surface area contributed by atoms with E-state index in [0.29, 0.717) is 45.4 Å². The molecule has 0 unspecified atom stereocenters. The van der Waals surface area contributed by atoms with Crippen molar-refractivity contribution in [3.8, 4) is 28.5 Å². The smallest absolute Gasteiger partial charge is 0.277 e. The molecule has 154 valence electrons. The maximum Gasteiger partial charge on any atom is 0.277 e. The summed E-state index contributed by atoms with van der Waals surface area (Å²) in [4.78, 5) is 23.7. The van der Waals surface area contributed by atoms with Crippen LogP contribution in [-0.4, -0.2) is 41.5 Å². The van der Waals surface area contributed by atoms with Crippen molar-refractivity contribution in [1.82, 2.24) is 14.2 Å². The fourth-order valence-corrected chi connectivity index (χ4v) is 3.30. The van der Waals surface area contributed by atoms with Crippen molar-refractivity contribution in [1.29, 1.82) is 0 Å². The Morgan fingerprint density at radius 1 is 1.10 bits per heavy atom. The van der Waals surface area contributed by atoms with E-state index in [1.165, 1.54) is 25.8 Å². The number of ether oxygens (including phenoxy) is 3. The van der Waals surface area contributed by atoms with Crippen LogP contribution in [0.4, 0.5) is 0 Å². The number of aryl methyl sites for hydroxylation is 1. The monoisotopic (exact) mass is 400 g/mol. The topological polar surface area (TPSA) is 107 Å². The molecule has 0 aliphatic heterocycles. The van der Waals surface area contributed by atoms with Crippen LogP contribution in [0.5, 0.6) is 17.2 Å². The van der Waals surface area contributed by atoms with Crippen LogP contribution in [0.3, 0.4) is 0 Å². The molecule has 1 aromatic carbocycles. The minimum absolute atomic E-state index is 0.0795. The summed E-state index contributed by atoms with van der Waals surface area (Å²) < 4.78 is 19.2. The van der Waals surface area contributed by atoms with Crippen LogP contribution in [0, 0.1) is 6.92 Å². The van der Waals surface area contributed by atoms with E-state index in [2.05, 4.69) is 5.10 Å². The molecule has 9 heteroatoms. The Balaban J connectivity index is 2.20. The molecule has 0 saturated carbocycles. The van der Waals surface area contributed by atoms with Gasteiger partial charge in [0.25, 0.3) is 5.56 Å². The van der Waals surface area contributed by atoms with Gasteiger partial charge in [-0.1, -0.05) is 0 Å². The Morgan fingerprint density at radius 2 is 1.72 bits per heavy atom. The van der Waals surface area contributed by atoms with Gasteiger partial charge in [-0.2, -0.15) is 9.61 Å². The second kappa shape index (κ2) is 7.86. The first-order chi connectivity index (χ1) is 13.8. The number of nitrogens with zero attached hydrogens (tertiary/aromatic N) is 3. The van der Waals surface area contributed by atoms with Crippen LogP contribution in [0.15, 0.2) is 23.0 Å². The molecule has 0 atom stereocenters. The van der Waals surface area contributed by atoms with Crippen molar-refractivity contribution in [2.45, 2.75) is 19.8 Å². The molecule has 0 amide bonds. The predicted octanol–water partition coefficient (Wildman–Crippen LogP) is 0.717. The first-order valence-electron chi connectivity index (χ1n) is 8.90. The quantitative estimate of drug-likeness (QED) is 0.575. The molecule has 3 aromatic rings. The molecule has 2 heterocycles. The molecule has 0 bridgehead atoms. The lowest BCUT2D eigenvalue weighted by molar-refractivity contribution is -0.305. The molecule has 0 radical (unpaired) electrons. The summed E-state index contributed by atoms with van der Waals surface area (Å²) in [5.74, 6) is 0.191. The third-order valence-corrected chi connectivity index (χ3v) is 4.96. The van der Waals surface area contributed by atoms with Gasteiger partial charge in [-0.15, -0.1) is 0 Å². The van der Waals surface area contributed by atoms with E-state index in [4.69, 9.17) is 14.2 Å². The summed E-state index contributed by atoms with van der Waals surface area (Å²) in [6.07, 6.45) is -0.154. The molecule has 0 spiro atoms. The lowest BCUT2D eigenvalue weighted by atomic mass is 10.1. The minimum atomic E-state index is -1.20. The molecule has 0 aliphatic rings. The fourth-order valence-electron chi connectivity index (χ4n) is 3.30. The predicted molar refractivity (Wildman–Crippen MR) is 104 cm³/mol. The number of methoxy groups -OCH3 is 3. The van der Waals surface area contributed by atoms with Gasteiger partial charge in [0.05, 0.1) is 27.0 Å². The zero-order chi connectivity index (χ0) is 21.3. The van der Waals surface area contributed by atoms with Crippen molar-refractivity contribution < 1.29 is 24.1 Å². The summed E-state index contributed by atoms with van der Waals surface area (Å²) in [6.45, 7) is 1.78. The van der Waals surface area contributed by atoms with E-state index in [9.17, 15) is 14.7 Å². The summed E-state index contributed by atoms with van der Waals surface area (Å²) in [5.41, 5.74) is 2.51. The van der Waals surface area contributed by atoms with Crippen LogP contribution >= 0.6 is 0 Å². The number of aliphatic carboxylic acids is 1. The Bertz CT molecular complexity index is 1120. The summed E-state index contributed by atoms with van der Waals surface area (Å²) >= 11 is 0. The first kappa shape index (κ1) is 20.2. The average molecular weight is 400 g/mol. The average Bonchev–Trinajstić information content (AvgIpc) is 3.16. The number of rotatable bonds is 7. The van der Waals surface area contributed by atoms with Crippen molar-refractivity contribution in [2.75, 3.05) is 21.3 Å². The molecule has 2 aromatic heterocycles. The third-order valence-electron chi connectivity index (χ3n) is 4.96. The molecule has 0 fully saturated rings.